The van der Waals surface area contributed by atoms with Crippen LogP contribution in [0.4, 0.5) is 0 Å². The second kappa shape index (κ2) is 7.66. The topological polar surface area (TPSA) is 65.2 Å². The average Bonchev–Trinajstić information content (AvgIpc) is 3.02. The zero-order chi connectivity index (χ0) is 17.8. The van der Waals surface area contributed by atoms with Gasteiger partial charge in [-0.25, -0.2) is 0 Å². The van der Waals surface area contributed by atoms with Crippen molar-refractivity contribution in [2.45, 2.75) is 26.8 Å². The van der Waals surface area contributed by atoms with E-state index in [1.54, 1.807) is 19.1 Å². The molecule has 0 unspecified atom stereocenters. The Morgan fingerprint density at radius 2 is 2.04 bits per heavy atom. The van der Waals surface area contributed by atoms with Gasteiger partial charge in [-0.3, -0.25) is 14.5 Å². The number of rotatable bonds is 5. The Kier molecular flexibility index (Phi) is 5.34. The van der Waals surface area contributed by atoms with Crippen LogP contribution in [0.2, 0.25) is 0 Å². The van der Waals surface area contributed by atoms with Crippen molar-refractivity contribution in [3.63, 3.8) is 0 Å². The molecule has 1 aliphatic heterocycles. The summed E-state index contributed by atoms with van der Waals surface area (Å²) in [4.78, 5) is 29.1. The molecule has 2 heterocycles. The van der Waals surface area contributed by atoms with Crippen molar-refractivity contribution in [3.05, 3.63) is 69.1 Å². The van der Waals surface area contributed by atoms with Crippen LogP contribution in [0.1, 0.15) is 33.6 Å². The van der Waals surface area contributed by atoms with Gasteiger partial charge in [0.2, 0.25) is 0 Å². The molecule has 1 aliphatic rings. The van der Waals surface area contributed by atoms with E-state index in [1.165, 1.54) is 11.1 Å². The van der Waals surface area contributed by atoms with E-state index in [4.69, 9.17) is 0 Å². The molecule has 1 amide bonds. The molecule has 25 heavy (non-hydrogen) atoms. The van der Waals surface area contributed by atoms with Crippen molar-refractivity contribution < 1.29 is 4.79 Å². The molecule has 0 spiro atoms. The molecule has 1 fully saturated rings. The molecule has 1 aromatic carbocycles. The summed E-state index contributed by atoms with van der Waals surface area (Å²) in [5.41, 5.74) is 3.28. The number of hydrogen-bond donors (Lipinski definition) is 2. The molecule has 1 saturated heterocycles. The van der Waals surface area contributed by atoms with Crippen molar-refractivity contribution in [1.82, 2.24) is 15.2 Å². The van der Waals surface area contributed by atoms with E-state index in [2.05, 4.69) is 46.4 Å². The molecule has 0 aliphatic carbocycles. The lowest BCUT2D eigenvalue weighted by molar-refractivity contribution is 0.0945. The molecular formula is C20H25N3O2. The minimum absolute atomic E-state index is 0.181. The highest BCUT2D eigenvalue weighted by molar-refractivity contribution is 5.93. The number of nitrogens with one attached hydrogen (secondary N) is 2. The number of pyridine rings is 1. The summed E-state index contributed by atoms with van der Waals surface area (Å²) in [5.74, 6) is 0.135. The van der Waals surface area contributed by atoms with Crippen LogP contribution >= 0.6 is 0 Å². The van der Waals surface area contributed by atoms with Gasteiger partial charge in [0, 0.05) is 25.3 Å². The molecule has 3 rings (SSSR count). The minimum atomic E-state index is -0.329. The van der Waals surface area contributed by atoms with Gasteiger partial charge in [0.05, 0.1) is 0 Å². The van der Waals surface area contributed by atoms with Crippen LogP contribution in [0.5, 0.6) is 0 Å². The summed E-state index contributed by atoms with van der Waals surface area (Å²) in [7, 11) is 0. The molecule has 0 bridgehead atoms. The predicted octanol–water partition coefficient (Wildman–Crippen LogP) is 2.24. The lowest BCUT2D eigenvalue weighted by atomic mass is 10.1. The Morgan fingerprint density at radius 3 is 2.80 bits per heavy atom. The van der Waals surface area contributed by atoms with Crippen molar-refractivity contribution in [1.29, 1.82) is 0 Å². The number of amides is 1. The van der Waals surface area contributed by atoms with Gasteiger partial charge in [-0.15, -0.1) is 0 Å². The van der Waals surface area contributed by atoms with E-state index in [0.717, 1.165) is 31.7 Å². The number of hydrogen-bond acceptors (Lipinski definition) is 3. The van der Waals surface area contributed by atoms with Crippen LogP contribution < -0.4 is 10.9 Å². The zero-order valence-electron chi connectivity index (χ0n) is 14.8. The lowest BCUT2D eigenvalue weighted by Crippen LogP contribution is -2.34. The average molecular weight is 339 g/mol. The highest BCUT2D eigenvalue weighted by Gasteiger charge is 2.23. The van der Waals surface area contributed by atoms with Crippen LogP contribution in [0.3, 0.4) is 0 Å². The lowest BCUT2D eigenvalue weighted by Gasteiger charge is -2.17. The fourth-order valence-corrected chi connectivity index (χ4v) is 3.33. The first kappa shape index (κ1) is 17.4. The normalized spacial score (nSPS) is 17.6. The molecule has 5 heteroatoms. The molecule has 2 N–H and O–H groups in total. The Morgan fingerprint density at radius 1 is 1.24 bits per heavy atom. The summed E-state index contributed by atoms with van der Waals surface area (Å²) in [6.45, 7) is 7.51. The van der Waals surface area contributed by atoms with Crippen molar-refractivity contribution in [3.8, 4) is 0 Å². The quantitative estimate of drug-likeness (QED) is 0.878. The van der Waals surface area contributed by atoms with Gasteiger partial charge in [0.25, 0.3) is 11.5 Å². The standard InChI is InChI=1S/C20H25N3O2/c1-14-5-3-4-6-17(14)13-23-10-9-16(12-23)11-21-19(24)18-8-7-15(2)22-20(18)25/h3-8,16H,9-13H2,1-2H3,(H,21,24)(H,22,25)/t16-/m0/s1. The molecule has 132 valence electrons. The van der Waals surface area contributed by atoms with E-state index in [1.807, 2.05) is 0 Å². The van der Waals surface area contributed by atoms with Gasteiger partial charge < -0.3 is 10.3 Å². The molecule has 1 atom stereocenters. The number of H-pyrrole nitrogens is 1. The first-order valence-corrected chi connectivity index (χ1v) is 8.78. The van der Waals surface area contributed by atoms with Crippen LogP contribution in [0.15, 0.2) is 41.2 Å². The number of nitrogens with zero attached hydrogens (tertiary/aromatic N) is 1. The monoisotopic (exact) mass is 339 g/mol. The third-order valence-electron chi connectivity index (χ3n) is 4.88. The van der Waals surface area contributed by atoms with E-state index in [0.29, 0.717) is 12.5 Å². The van der Waals surface area contributed by atoms with Crippen LogP contribution in [0.25, 0.3) is 0 Å². The molecule has 1 aromatic heterocycles. The second-order valence-electron chi connectivity index (χ2n) is 6.91. The van der Waals surface area contributed by atoms with Gasteiger partial charge in [-0.1, -0.05) is 24.3 Å². The van der Waals surface area contributed by atoms with E-state index in [9.17, 15) is 9.59 Å². The summed E-state index contributed by atoms with van der Waals surface area (Å²) < 4.78 is 0. The fraction of sp³-hybridized carbons (Fsp3) is 0.400. The SMILES string of the molecule is Cc1ccc(C(=O)NC[C@@H]2CCN(Cc3ccccc3C)C2)c(=O)[nH]1. The smallest absolute Gasteiger partial charge is 0.260 e. The van der Waals surface area contributed by atoms with Gasteiger partial charge >= 0.3 is 0 Å². The third kappa shape index (κ3) is 4.37. The predicted molar refractivity (Wildman–Crippen MR) is 98.7 cm³/mol. The van der Waals surface area contributed by atoms with Crippen molar-refractivity contribution >= 4 is 5.91 Å². The number of aryl methyl sites for hydroxylation is 2. The fourth-order valence-electron chi connectivity index (χ4n) is 3.33. The van der Waals surface area contributed by atoms with E-state index < -0.39 is 0 Å². The summed E-state index contributed by atoms with van der Waals surface area (Å²) in [6, 6.07) is 11.8. The number of likely N-dealkylation sites (tertiary alicyclic amines) is 1. The second-order valence-corrected chi connectivity index (χ2v) is 6.91. The molecule has 5 nitrogen and oxygen atoms in total. The van der Waals surface area contributed by atoms with Crippen molar-refractivity contribution in [2.24, 2.45) is 5.92 Å². The van der Waals surface area contributed by atoms with Gasteiger partial charge in [0.15, 0.2) is 0 Å². The summed E-state index contributed by atoms with van der Waals surface area (Å²) >= 11 is 0. The molecular weight excluding hydrogens is 314 g/mol. The molecule has 2 aromatic rings. The number of aromatic amines is 1. The maximum atomic E-state index is 12.2. The van der Waals surface area contributed by atoms with E-state index in [-0.39, 0.29) is 17.0 Å². The van der Waals surface area contributed by atoms with Gasteiger partial charge in [0.1, 0.15) is 5.56 Å². The van der Waals surface area contributed by atoms with Gasteiger partial charge in [-0.2, -0.15) is 0 Å². The van der Waals surface area contributed by atoms with Crippen LogP contribution in [0, 0.1) is 19.8 Å². The van der Waals surface area contributed by atoms with E-state index >= 15 is 0 Å². The first-order chi connectivity index (χ1) is 12.0. The molecule has 0 saturated carbocycles. The van der Waals surface area contributed by atoms with Crippen LogP contribution in [-0.4, -0.2) is 35.4 Å². The number of benzene rings is 1. The number of aromatic nitrogens is 1. The Balaban J connectivity index is 1.51. The maximum absolute atomic E-state index is 12.2. The summed E-state index contributed by atoms with van der Waals surface area (Å²) in [6.07, 6.45) is 1.07. The Bertz CT molecular complexity index is 813. The van der Waals surface area contributed by atoms with Gasteiger partial charge in [-0.05, 0) is 56.0 Å². The third-order valence-corrected chi connectivity index (χ3v) is 4.88. The Hall–Kier alpha value is -2.40. The number of carbonyl (C=O) groups is 1. The minimum Gasteiger partial charge on any atom is -0.352 e. The van der Waals surface area contributed by atoms with Crippen molar-refractivity contribution in [2.75, 3.05) is 19.6 Å². The first-order valence-electron chi connectivity index (χ1n) is 8.78. The largest absolute Gasteiger partial charge is 0.352 e. The zero-order valence-corrected chi connectivity index (χ0v) is 14.8. The highest BCUT2D eigenvalue weighted by atomic mass is 16.2. The number of carbonyl (C=O) groups excluding carboxylic acids is 1. The summed E-state index contributed by atoms with van der Waals surface area (Å²) in [5, 5.41) is 2.91. The van der Waals surface area contributed by atoms with Crippen LogP contribution in [-0.2, 0) is 6.54 Å². The molecule has 0 radical (unpaired) electrons. The maximum Gasteiger partial charge on any atom is 0.260 e. The highest BCUT2D eigenvalue weighted by Crippen LogP contribution is 2.19. The Labute approximate surface area is 148 Å².